The number of hydrogen-bond donors (Lipinski definition) is 0. The topological polar surface area (TPSA) is 190 Å². The van der Waals surface area contributed by atoms with Crippen molar-refractivity contribution in [3.8, 4) is 0 Å². The molecule has 0 aromatic carbocycles. The van der Waals surface area contributed by atoms with Gasteiger partial charge in [0.1, 0.15) is 0 Å². The molecule has 0 aliphatic heterocycles. The van der Waals surface area contributed by atoms with Gasteiger partial charge in [-0.15, -0.1) is 0 Å². The molecule has 0 amide bonds. The fraction of sp³-hybridized carbons (Fsp3) is 0. The predicted molar refractivity (Wildman–Crippen MR) is 16.2 cm³/mol. The first-order valence-electron chi connectivity index (χ1n) is 1.84. The standard InChI is InChI=1S/3CH2O3.Co.Cu.Ni/c3*2-1(3)4;;;/h3*(H2,2,3,4);;;/q;;;3*+2/p-6. The van der Waals surface area contributed by atoms with E-state index in [-0.39, 0.29) is 50.3 Å². The SMILES string of the molecule is O=C([O-])[O-].O=C([O-])[O-].O=C([O-])[O-].[Co+2].[Cu+2].[Ni+2]. The van der Waals surface area contributed by atoms with Crippen LogP contribution in [0.15, 0.2) is 0 Å². The molecular formula is C3CoCuNiO9. The Morgan fingerprint density at radius 2 is 0.600 bits per heavy atom. The Labute approximate surface area is 114 Å². The summed E-state index contributed by atoms with van der Waals surface area (Å²) in [6.45, 7) is 0. The van der Waals surface area contributed by atoms with Gasteiger partial charge >= 0.3 is 50.3 Å². The molecule has 0 aromatic heterocycles. The van der Waals surface area contributed by atoms with Crippen molar-refractivity contribution in [3.05, 3.63) is 0 Å². The van der Waals surface area contributed by atoms with Gasteiger partial charge in [-0.1, -0.05) is 0 Å². The second kappa shape index (κ2) is 29.2. The van der Waals surface area contributed by atoms with Crippen molar-refractivity contribution in [2.24, 2.45) is 0 Å². The molecular weight excluding hydrogens is 361 g/mol. The van der Waals surface area contributed by atoms with Crippen molar-refractivity contribution in [1.29, 1.82) is 0 Å². The summed E-state index contributed by atoms with van der Waals surface area (Å²) in [5.74, 6) is 0. The van der Waals surface area contributed by atoms with E-state index in [2.05, 4.69) is 0 Å². The molecule has 0 rings (SSSR count). The fourth-order valence-electron chi connectivity index (χ4n) is 0. The molecule has 96 valence electrons. The number of rotatable bonds is 0. The first-order chi connectivity index (χ1) is 5.20. The molecule has 0 N–H and O–H groups in total. The molecule has 0 bridgehead atoms. The molecule has 2 radical (unpaired) electrons. The van der Waals surface area contributed by atoms with Crippen LogP contribution in [0.5, 0.6) is 0 Å². The summed E-state index contributed by atoms with van der Waals surface area (Å²) in [6.07, 6.45) is -7.00. The molecule has 0 aliphatic carbocycles. The zero-order valence-electron chi connectivity index (χ0n) is 6.13. The summed E-state index contributed by atoms with van der Waals surface area (Å²) < 4.78 is 0. The molecule has 0 fully saturated rings. The molecule has 15 heavy (non-hydrogen) atoms. The first kappa shape index (κ1) is 36.7. The quantitative estimate of drug-likeness (QED) is 0.377. The van der Waals surface area contributed by atoms with E-state index in [0.717, 1.165) is 0 Å². The molecule has 12 heteroatoms. The van der Waals surface area contributed by atoms with Crippen molar-refractivity contribution < 1.29 is 95.4 Å². The van der Waals surface area contributed by atoms with E-state index in [9.17, 15) is 0 Å². The van der Waals surface area contributed by atoms with E-state index in [0.29, 0.717) is 0 Å². The van der Waals surface area contributed by atoms with Crippen LogP contribution < -0.4 is 30.6 Å². The molecule has 0 saturated heterocycles. The number of carbonyl (C=O) groups is 3. The first-order valence-corrected chi connectivity index (χ1v) is 1.84. The smallest absolute Gasteiger partial charge is 0.652 e. The van der Waals surface area contributed by atoms with E-state index < -0.39 is 18.5 Å². The Morgan fingerprint density at radius 3 is 0.600 bits per heavy atom. The van der Waals surface area contributed by atoms with Gasteiger partial charge in [0.05, 0.1) is 0 Å². The van der Waals surface area contributed by atoms with Gasteiger partial charge in [-0.25, -0.2) is 0 Å². The minimum atomic E-state index is -2.33. The van der Waals surface area contributed by atoms with E-state index in [4.69, 9.17) is 45.0 Å². The second-order valence-corrected chi connectivity index (χ2v) is 0.750. The monoisotopic (exact) mass is 360 g/mol. The maximum atomic E-state index is 8.33. The molecule has 0 aliphatic rings. The molecule has 0 aromatic rings. The minimum absolute atomic E-state index is 0. The van der Waals surface area contributed by atoms with Gasteiger partial charge < -0.3 is 45.0 Å². The molecule has 0 unspecified atom stereocenters. The van der Waals surface area contributed by atoms with Crippen molar-refractivity contribution in [1.82, 2.24) is 0 Å². The van der Waals surface area contributed by atoms with Crippen LogP contribution in [0.2, 0.25) is 0 Å². The fourth-order valence-corrected chi connectivity index (χ4v) is 0. The largest absolute Gasteiger partial charge is 2.00 e. The van der Waals surface area contributed by atoms with E-state index >= 15 is 0 Å². The average Bonchev–Trinajstić information content (AvgIpc) is 1.54. The van der Waals surface area contributed by atoms with Crippen LogP contribution in [0.3, 0.4) is 0 Å². The maximum absolute atomic E-state index is 8.33. The Balaban J connectivity index is -0.0000000184. The van der Waals surface area contributed by atoms with Gasteiger partial charge in [-0.2, -0.15) is 0 Å². The Bertz CT molecular complexity index is 123. The van der Waals surface area contributed by atoms with E-state index in [1.165, 1.54) is 0 Å². The summed E-state index contributed by atoms with van der Waals surface area (Å²) >= 11 is 0. The Morgan fingerprint density at radius 1 is 0.600 bits per heavy atom. The number of carbonyl (C=O) groups excluding carboxylic acids is 3. The third kappa shape index (κ3) is 3810. The Kier molecular flexibility index (Phi) is 71.4. The van der Waals surface area contributed by atoms with Crippen molar-refractivity contribution in [2.45, 2.75) is 0 Å². The third-order valence-electron chi connectivity index (χ3n) is 0. The van der Waals surface area contributed by atoms with Crippen LogP contribution in [-0.4, -0.2) is 18.5 Å². The summed E-state index contributed by atoms with van der Waals surface area (Å²) in [6, 6.07) is 0. The zero-order valence-corrected chi connectivity index (χ0v) is 9.10. The van der Waals surface area contributed by atoms with E-state index in [1.54, 1.807) is 0 Å². The number of carboxylic acid groups (broad SMARTS) is 6. The van der Waals surface area contributed by atoms with Crippen LogP contribution in [0.1, 0.15) is 0 Å². The molecule has 9 nitrogen and oxygen atoms in total. The summed E-state index contributed by atoms with van der Waals surface area (Å²) in [7, 11) is 0. The molecule has 0 heterocycles. The molecule has 0 saturated carbocycles. The molecule has 0 atom stereocenters. The Hall–Kier alpha value is -0.671. The van der Waals surface area contributed by atoms with Gasteiger partial charge in [0.25, 0.3) is 0 Å². The van der Waals surface area contributed by atoms with Crippen molar-refractivity contribution in [3.63, 3.8) is 0 Å². The van der Waals surface area contributed by atoms with Gasteiger partial charge in [0, 0.05) is 0 Å². The van der Waals surface area contributed by atoms with Crippen LogP contribution in [0.25, 0.3) is 0 Å². The van der Waals surface area contributed by atoms with Crippen LogP contribution in [0.4, 0.5) is 14.4 Å². The van der Waals surface area contributed by atoms with Crippen molar-refractivity contribution in [2.75, 3.05) is 0 Å². The summed E-state index contributed by atoms with van der Waals surface area (Å²) in [4.78, 5) is 25.0. The minimum Gasteiger partial charge on any atom is -0.652 e. The van der Waals surface area contributed by atoms with Crippen molar-refractivity contribution >= 4 is 18.5 Å². The van der Waals surface area contributed by atoms with Crippen LogP contribution in [-0.2, 0) is 50.3 Å². The van der Waals surface area contributed by atoms with Gasteiger partial charge in [-0.05, 0) is 18.5 Å². The maximum Gasteiger partial charge on any atom is 2.00 e. The summed E-state index contributed by atoms with van der Waals surface area (Å²) in [5, 5.41) is 50.0. The predicted octanol–water partition coefficient (Wildman–Crippen LogP) is -7.35. The van der Waals surface area contributed by atoms with Crippen LogP contribution >= 0.6 is 0 Å². The zero-order chi connectivity index (χ0) is 10.7. The molecule has 0 spiro atoms. The normalized spacial score (nSPS) is 4.80. The third-order valence-corrected chi connectivity index (χ3v) is 0. The second-order valence-electron chi connectivity index (χ2n) is 0.750. The van der Waals surface area contributed by atoms with E-state index in [1.807, 2.05) is 0 Å². The van der Waals surface area contributed by atoms with Gasteiger partial charge in [-0.3, -0.25) is 0 Å². The van der Waals surface area contributed by atoms with Crippen LogP contribution in [0, 0.1) is 0 Å². The summed E-state index contributed by atoms with van der Waals surface area (Å²) in [5.41, 5.74) is 0. The average molecular weight is 361 g/mol. The van der Waals surface area contributed by atoms with Gasteiger partial charge in [0.15, 0.2) is 0 Å². The van der Waals surface area contributed by atoms with Gasteiger partial charge in [0.2, 0.25) is 0 Å². The number of hydrogen-bond acceptors (Lipinski definition) is 9.